The summed E-state index contributed by atoms with van der Waals surface area (Å²) >= 11 is 0. The first kappa shape index (κ1) is 11.9. The summed E-state index contributed by atoms with van der Waals surface area (Å²) in [6.07, 6.45) is 0.914. The number of halogens is 1. The lowest BCUT2D eigenvalue weighted by Gasteiger charge is -2.14. The predicted molar refractivity (Wildman–Crippen MR) is 64.2 cm³/mol. The highest BCUT2D eigenvalue weighted by molar-refractivity contribution is 5.99. The molecular formula is C12H16FN3O. The van der Waals surface area contributed by atoms with E-state index < -0.39 is 5.82 Å². The smallest absolute Gasteiger partial charge is 0.253 e. The molecule has 0 bridgehead atoms. The lowest BCUT2D eigenvalue weighted by atomic mass is 10.1. The van der Waals surface area contributed by atoms with Gasteiger partial charge in [-0.2, -0.15) is 0 Å². The van der Waals surface area contributed by atoms with Crippen LogP contribution in [0.3, 0.4) is 0 Å². The third kappa shape index (κ3) is 2.55. The van der Waals surface area contributed by atoms with Crippen LogP contribution in [0.15, 0.2) is 18.2 Å². The summed E-state index contributed by atoms with van der Waals surface area (Å²) in [6.45, 7) is 1.78. The number of carbonyl (C=O) groups excluding carboxylic acids is 1. The molecule has 1 heterocycles. The number of benzene rings is 1. The number of likely N-dealkylation sites (tertiary alicyclic amines) is 1. The molecule has 1 unspecified atom stereocenters. The predicted octanol–water partition coefficient (Wildman–Crippen LogP) is 0.842. The Labute approximate surface area is 99.6 Å². The highest BCUT2D eigenvalue weighted by Crippen LogP contribution is 2.16. The molecule has 1 atom stereocenters. The molecule has 1 amide bonds. The van der Waals surface area contributed by atoms with Crippen LogP contribution < -0.4 is 11.1 Å². The zero-order chi connectivity index (χ0) is 12.4. The zero-order valence-electron chi connectivity index (χ0n) is 9.74. The van der Waals surface area contributed by atoms with E-state index in [-0.39, 0.29) is 23.2 Å². The van der Waals surface area contributed by atoms with E-state index >= 15 is 0 Å². The maximum atomic E-state index is 13.2. The largest absolute Gasteiger partial charge is 0.396 e. The Morgan fingerprint density at radius 3 is 3.00 bits per heavy atom. The van der Waals surface area contributed by atoms with Crippen LogP contribution in [-0.2, 0) is 0 Å². The number of nitrogens with zero attached hydrogens (tertiary/aromatic N) is 1. The molecular weight excluding hydrogens is 221 g/mol. The van der Waals surface area contributed by atoms with Crippen molar-refractivity contribution in [3.8, 4) is 0 Å². The van der Waals surface area contributed by atoms with Crippen molar-refractivity contribution >= 4 is 11.6 Å². The van der Waals surface area contributed by atoms with Crippen LogP contribution in [-0.4, -0.2) is 37.0 Å². The van der Waals surface area contributed by atoms with Crippen molar-refractivity contribution in [2.24, 2.45) is 0 Å². The van der Waals surface area contributed by atoms with E-state index in [1.165, 1.54) is 18.2 Å². The van der Waals surface area contributed by atoms with Crippen LogP contribution in [0.4, 0.5) is 10.1 Å². The maximum Gasteiger partial charge on any atom is 0.253 e. The third-order valence-electron chi connectivity index (χ3n) is 3.02. The molecule has 1 aromatic rings. The second kappa shape index (κ2) is 4.71. The molecule has 1 fully saturated rings. The Morgan fingerprint density at radius 1 is 1.59 bits per heavy atom. The van der Waals surface area contributed by atoms with E-state index in [1.54, 1.807) is 0 Å². The first-order chi connectivity index (χ1) is 8.08. The van der Waals surface area contributed by atoms with Gasteiger partial charge in [0.05, 0.1) is 11.3 Å². The van der Waals surface area contributed by atoms with Gasteiger partial charge in [-0.05, 0) is 32.1 Å². The summed E-state index contributed by atoms with van der Waals surface area (Å²) in [6, 6.07) is 4.39. The molecule has 5 heteroatoms. The standard InChI is InChI=1S/C12H16FN3O/c1-16-6-5-8(7-16)15-12(17)9-3-2-4-10(13)11(9)14/h2-4,8H,5-7,14H2,1H3,(H,15,17). The second-order valence-corrected chi connectivity index (χ2v) is 4.42. The number of anilines is 1. The minimum atomic E-state index is -0.554. The van der Waals surface area contributed by atoms with E-state index in [4.69, 9.17) is 5.73 Å². The number of amides is 1. The normalized spacial score (nSPS) is 20.5. The van der Waals surface area contributed by atoms with Crippen molar-refractivity contribution in [3.63, 3.8) is 0 Å². The average molecular weight is 237 g/mol. The van der Waals surface area contributed by atoms with Gasteiger partial charge < -0.3 is 16.0 Å². The van der Waals surface area contributed by atoms with Crippen molar-refractivity contribution < 1.29 is 9.18 Å². The highest BCUT2D eigenvalue weighted by atomic mass is 19.1. The fourth-order valence-corrected chi connectivity index (χ4v) is 2.05. The number of nitrogens with one attached hydrogen (secondary N) is 1. The minimum absolute atomic E-state index is 0.0867. The van der Waals surface area contributed by atoms with Gasteiger partial charge in [0, 0.05) is 12.6 Å². The van der Waals surface area contributed by atoms with Crippen LogP contribution in [0.2, 0.25) is 0 Å². The summed E-state index contributed by atoms with van der Waals surface area (Å²) in [7, 11) is 2.00. The van der Waals surface area contributed by atoms with E-state index in [1.807, 2.05) is 7.05 Å². The SMILES string of the molecule is CN1CCC(NC(=O)c2cccc(F)c2N)C1. The Bertz CT molecular complexity index is 436. The van der Waals surface area contributed by atoms with Gasteiger partial charge in [-0.1, -0.05) is 6.07 Å². The van der Waals surface area contributed by atoms with Gasteiger partial charge in [-0.15, -0.1) is 0 Å². The fourth-order valence-electron chi connectivity index (χ4n) is 2.05. The van der Waals surface area contributed by atoms with Crippen LogP contribution >= 0.6 is 0 Å². The maximum absolute atomic E-state index is 13.2. The monoisotopic (exact) mass is 237 g/mol. The molecule has 4 nitrogen and oxygen atoms in total. The van der Waals surface area contributed by atoms with Gasteiger partial charge >= 0.3 is 0 Å². The van der Waals surface area contributed by atoms with Gasteiger partial charge in [0.15, 0.2) is 0 Å². The zero-order valence-corrected chi connectivity index (χ0v) is 9.74. The lowest BCUT2D eigenvalue weighted by molar-refractivity contribution is 0.0939. The first-order valence-electron chi connectivity index (χ1n) is 5.61. The van der Waals surface area contributed by atoms with Crippen molar-refractivity contribution in [1.82, 2.24) is 10.2 Å². The lowest BCUT2D eigenvalue weighted by Crippen LogP contribution is -2.36. The van der Waals surface area contributed by atoms with Crippen molar-refractivity contribution in [1.29, 1.82) is 0 Å². The molecule has 0 saturated carbocycles. The van der Waals surface area contributed by atoms with Crippen LogP contribution in [0.25, 0.3) is 0 Å². The Morgan fingerprint density at radius 2 is 2.35 bits per heavy atom. The summed E-state index contributed by atoms with van der Waals surface area (Å²) < 4.78 is 13.2. The van der Waals surface area contributed by atoms with Crippen LogP contribution in [0, 0.1) is 5.82 Å². The van der Waals surface area contributed by atoms with Gasteiger partial charge in [-0.25, -0.2) is 4.39 Å². The molecule has 92 valence electrons. The summed E-state index contributed by atoms with van der Waals surface area (Å²) in [5, 5.41) is 2.87. The quantitative estimate of drug-likeness (QED) is 0.749. The van der Waals surface area contributed by atoms with E-state index in [0.29, 0.717) is 0 Å². The number of nitrogen functional groups attached to an aromatic ring is 1. The van der Waals surface area contributed by atoms with Crippen molar-refractivity contribution in [2.75, 3.05) is 25.9 Å². The van der Waals surface area contributed by atoms with Gasteiger partial charge in [-0.3, -0.25) is 4.79 Å². The van der Waals surface area contributed by atoms with Crippen LogP contribution in [0.5, 0.6) is 0 Å². The van der Waals surface area contributed by atoms with Gasteiger partial charge in [0.2, 0.25) is 0 Å². The molecule has 0 radical (unpaired) electrons. The number of nitrogens with two attached hydrogens (primary N) is 1. The number of hydrogen-bond donors (Lipinski definition) is 2. The van der Waals surface area contributed by atoms with Crippen molar-refractivity contribution in [3.05, 3.63) is 29.6 Å². The average Bonchev–Trinajstić information content (AvgIpc) is 2.68. The molecule has 0 spiro atoms. The molecule has 1 saturated heterocycles. The number of para-hydroxylation sites is 1. The highest BCUT2D eigenvalue weighted by Gasteiger charge is 2.22. The van der Waals surface area contributed by atoms with E-state index in [9.17, 15) is 9.18 Å². The number of carbonyl (C=O) groups is 1. The minimum Gasteiger partial charge on any atom is -0.396 e. The van der Waals surface area contributed by atoms with Crippen LogP contribution in [0.1, 0.15) is 16.8 Å². The summed E-state index contributed by atoms with van der Waals surface area (Å²) in [5.74, 6) is -0.858. The molecule has 3 N–H and O–H groups in total. The second-order valence-electron chi connectivity index (χ2n) is 4.42. The molecule has 1 aliphatic heterocycles. The molecule has 17 heavy (non-hydrogen) atoms. The van der Waals surface area contributed by atoms with Gasteiger partial charge in [0.25, 0.3) is 5.91 Å². The molecule has 1 aromatic carbocycles. The van der Waals surface area contributed by atoms with Gasteiger partial charge in [0.1, 0.15) is 5.82 Å². The number of rotatable bonds is 2. The Hall–Kier alpha value is -1.62. The summed E-state index contributed by atoms with van der Waals surface area (Å²) in [5.41, 5.74) is 5.66. The van der Waals surface area contributed by atoms with E-state index in [0.717, 1.165) is 19.5 Å². The molecule has 0 aromatic heterocycles. The Balaban J connectivity index is 2.07. The third-order valence-corrected chi connectivity index (χ3v) is 3.02. The summed E-state index contributed by atoms with van der Waals surface area (Å²) in [4.78, 5) is 14.0. The number of likely N-dealkylation sites (N-methyl/N-ethyl adjacent to an activating group) is 1. The fraction of sp³-hybridized carbons (Fsp3) is 0.417. The number of hydrogen-bond acceptors (Lipinski definition) is 3. The Kier molecular flexibility index (Phi) is 3.28. The molecule has 0 aliphatic carbocycles. The topological polar surface area (TPSA) is 58.4 Å². The molecule has 2 rings (SSSR count). The van der Waals surface area contributed by atoms with E-state index in [2.05, 4.69) is 10.2 Å². The first-order valence-corrected chi connectivity index (χ1v) is 5.61. The molecule has 1 aliphatic rings. The van der Waals surface area contributed by atoms with Crippen molar-refractivity contribution in [2.45, 2.75) is 12.5 Å².